The minimum Gasteiger partial charge on any atom is -0.444 e. The number of amides is 1. The molecule has 34 heavy (non-hydrogen) atoms. The van der Waals surface area contributed by atoms with Crippen molar-refractivity contribution >= 4 is 23.3 Å². The van der Waals surface area contributed by atoms with E-state index in [4.69, 9.17) is 14.8 Å². The standard InChI is InChI=1S/C24H36N6O2.C2H6/c1-14(2)20-15(3)26-30(16(20)4)19-12-17-13-28(8)27-22(17)25-21(19)18-10-9-11-29(18)23(31)32-24(5,6)7;1-2/h12,14,17-18H,9-11,13H2,1-8H3;1-2H3. The number of aliphatic imine (C=N–C) groups is 1. The summed E-state index contributed by atoms with van der Waals surface area (Å²) in [7, 11) is 1.97. The Labute approximate surface area is 204 Å². The van der Waals surface area contributed by atoms with Gasteiger partial charge in [0, 0.05) is 25.8 Å². The topological polar surface area (TPSA) is 75.3 Å². The van der Waals surface area contributed by atoms with Crippen LogP contribution in [0.25, 0.3) is 5.70 Å². The van der Waals surface area contributed by atoms with Crippen LogP contribution in [0.4, 0.5) is 4.79 Å². The van der Waals surface area contributed by atoms with E-state index in [2.05, 4.69) is 38.9 Å². The van der Waals surface area contributed by atoms with Crippen molar-refractivity contribution < 1.29 is 9.53 Å². The Morgan fingerprint density at radius 1 is 1.21 bits per heavy atom. The highest BCUT2D eigenvalue weighted by atomic mass is 16.6. The maximum atomic E-state index is 13.0. The fraction of sp³-hybridized carbons (Fsp3) is 0.692. The van der Waals surface area contributed by atoms with E-state index >= 15 is 0 Å². The summed E-state index contributed by atoms with van der Waals surface area (Å²) in [5, 5.41) is 11.5. The minimum absolute atomic E-state index is 0.126. The smallest absolute Gasteiger partial charge is 0.410 e. The molecule has 2 unspecified atom stereocenters. The Kier molecular flexibility index (Phi) is 7.58. The lowest BCUT2D eigenvalue weighted by molar-refractivity contribution is 0.0266. The Morgan fingerprint density at radius 2 is 1.88 bits per heavy atom. The third-order valence-corrected chi connectivity index (χ3v) is 6.27. The van der Waals surface area contributed by atoms with E-state index in [1.165, 1.54) is 5.56 Å². The molecule has 0 aliphatic carbocycles. The van der Waals surface area contributed by atoms with Gasteiger partial charge in [-0.05, 0) is 65.0 Å². The van der Waals surface area contributed by atoms with Crippen LogP contribution >= 0.6 is 0 Å². The van der Waals surface area contributed by atoms with Crippen LogP contribution < -0.4 is 0 Å². The molecule has 1 amide bonds. The zero-order chi connectivity index (χ0) is 25.4. The lowest BCUT2D eigenvalue weighted by Crippen LogP contribution is -2.45. The maximum absolute atomic E-state index is 13.0. The van der Waals surface area contributed by atoms with Crippen LogP contribution in [0.1, 0.15) is 84.2 Å². The highest BCUT2D eigenvalue weighted by Crippen LogP contribution is 2.33. The van der Waals surface area contributed by atoms with Gasteiger partial charge in [0.05, 0.1) is 29.1 Å². The molecule has 0 bridgehead atoms. The number of rotatable bonds is 3. The zero-order valence-electron chi connectivity index (χ0n) is 22.6. The quantitative estimate of drug-likeness (QED) is 0.607. The summed E-state index contributed by atoms with van der Waals surface area (Å²) in [6.07, 6.45) is 3.71. The Balaban J connectivity index is 0.00000158. The molecule has 3 aliphatic rings. The molecule has 0 saturated carbocycles. The normalized spacial score (nSPS) is 22.1. The first kappa shape index (κ1) is 26.0. The van der Waals surface area contributed by atoms with Crippen molar-refractivity contribution in [2.45, 2.75) is 92.7 Å². The number of hydrogen-bond donors (Lipinski definition) is 0. The molecule has 0 N–H and O–H groups in total. The van der Waals surface area contributed by atoms with Crippen LogP contribution in [-0.4, -0.2) is 69.1 Å². The molecule has 8 heteroatoms. The average Bonchev–Trinajstić information content (AvgIpc) is 3.43. The highest BCUT2D eigenvalue weighted by Gasteiger charge is 2.40. The van der Waals surface area contributed by atoms with Gasteiger partial charge in [-0.25, -0.2) is 14.5 Å². The number of carbonyl (C=O) groups excluding carboxylic acids is 1. The molecule has 1 saturated heterocycles. The number of aromatic nitrogens is 2. The molecule has 3 aliphatic heterocycles. The van der Waals surface area contributed by atoms with Gasteiger partial charge in [0.25, 0.3) is 0 Å². The first-order valence-corrected chi connectivity index (χ1v) is 12.6. The van der Waals surface area contributed by atoms with Gasteiger partial charge in [-0.1, -0.05) is 27.7 Å². The van der Waals surface area contributed by atoms with Gasteiger partial charge in [0.15, 0.2) is 5.84 Å². The van der Waals surface area contributed by atoms with Crippen LogP contribution in [0.3, 0.4) is 0 Å². The van der Waals surface area contributed by atoms with Gasteiger partial charge in [-0.3, -0.25) is 9.91 Å². The average molecular weight is 471 g/mol. The molecule has 4 heterocycles. The van der Waals surface area contributed by atoms with E-state index < -0.39 is 5.60 Å². The van der Waals surface area contributed by atoms with E-state index in [0.29, 0.717) is 12.5 Å². The van der Waals surface area contributed by atoms with Crippen LogP contribution in [0, 0.1) is 19.8 Å². The second kappa shape index (κ2) is 9.92. The van der Waals surface area contributed by atoms with E-state index in [-0.39, 0.29) is 18.1 Å². The van der Waals surface area contributed by atoms with Crippen molar-refractivity contribution in [2.24, 2.45) is 16.0 Å². The fourth-order valence-electron chi connectivity index (χ4n) is 5.08. The lowest BCUT2D eigenvalue weighted by atomic mass is 9.96. The second-order valence-corrected chi connectivity index (χ2v) is 10.4. The number of hydrazone groups is 1. The number of likely N-dealkylation sites (tertiary alicyclic amines) is 1. The molecule has 0 radical (unpaired) electrons. The SMILES string of the molecule is CC.Cc1nn(C2=CC3CN(C)N=C3N=C2C2CCCN2C(=O)OC(C)(C)C)c(C)c1C(C)C. The minimum atomic E-state index is -0.539. The first-order valence-electron chi connectivity index (χ1n) is 12.6. The summed E-state index contributed by atoms with van der Waals surface area (Å²) in [5.74, 6) is 1.32. The molecule has 2 atom stereocenters. The zero-order valence-corrected chi connectivity index (χ0v) is 22.6. The highest BCUT2D eigenvalue weighted by molar-refractivity contribution is 6.27. The lowest BCUT2D eigenvalue weighted by Gasteiger charge is -2.31. The summed E-state index contributed by atoms with van der Waals surface area (Å²) in [6.45, 7) is 19.7. The van der Waals surface area contributed by atoms with Crippen LogP contribution in [0.5, 0.6) is 0 Å². The molecule has 4 rings (SSSR count). The number of fused-ring (bicyclic) bond motifs is 1. The number of hydrogen-bond acceptors (Lipinski definition) is 6. The number of dihydropyridines is 1. The molecule has 1 aromatic heterocycles. The Morgan fingerprint density at radius 3 is 2.47 bits per heavy atom. The van der Waals surface area contributed by atoms with Crippen molar-refractivity contribution in [3.05, 3.63) is 23.0 Å². The maximum Gasteiger partial charge on any atom is 0.410 e. The van der Waals surface area contributed by atoms with E-state index in [1.807, 2.05) is 56.3 Å². The Bertz CT molecular complexity index is 1010. The van der Waals surface area contributed by atoms with Crippen molar-refractivity contribution in [2.75, 3.05) is 20.1 Å². The van der Waals surface area contributed by atoms with Crippen LogP contribution in [-0.2, 0) is 4.74 Å². The van der Waals surface area contributed by atoms with Crippen molar-refractivity contribution in [3.63, 3.8) is 0 Å². The third-order valence-electron chi connectivity index (χ3n) is 6.27. The van der Waals surface area contributed by atoms with E-state index in [0.717, 1.165) is 48.0 Å². The number of nitrogens with zero attached hydrogens (tertiary/aromatic N) is 6. The van der Waals surface area contributed by atoms with Gasteiger partial charge < -0.3 is 4.74 Å². The van der Waals surface area contributed by atoms with Crippen molar-refractivity contribution in [3.8, 4) is 0 Å². The van der Waals surface area contributed by atoms with E-state index in [1.54, 1.807) is 0 Å². The largest absolute Gasteiger partial charge is 0.444 e. The summed E-state index contributed by atoms with van der Waals surface area (Å²) in [6, 6.07) is -0.155. The van der Waals surface area contributed by atoms with Crippen LogP contribution in [0.15, 0.2) is 16.2 Å². The van der Waals surface area contributed by atoms with Crippen LogP contribution in [0.2, 0.25) is 0 Å². The molecule has 0 aromatic carbocycles. The summed E-state index contributed by atoms with van der Waals surface area (Å²) in [5.41, 5.74) is 4.73. The number of amidine groups is 1. The summed E-state index contributed by atoms with van der Waals surface area (Å²) < 4.78 is 7.75. The number of ether oxygens (including phenoxy) is 1. The molecular weight excluding hydrogens is 428 g/mol. The molecule has 8 nitrogen and oxygen atoms in total. The third kappa shape index (κ3) is 5.05. The van der Waals surface area contributed by atoms with Crippen molar-refractivity contribution in [1.29, 1.82) is 0 Å². The Hall–Kier alpha value is -2.64. The molecule has 1 fully saturated rings. The summed E-state index contributed by atoms with van der Waals surface area (Å²) in [4.78, 5) is 19.9. The van der Waals surface area contributed by atoms with Gasteiger partial charge in [0.1, 0.15) is 5.60 Å². The molecule has 188 valence electrons. The monoisotopic (exact) mass is 470 g/mol. The van der Waals surface area contributed by atoms with E-state index in [9.17, 15) is 4.79 Å². The molecule has 1 aromatic rings. The number of aryl methyl sites for hydroxylation is 1. The van der Waals surface area contributed by atoms with Gasteiger partial charge in [-0.15, -0.1) is 0 Å². The predicted molar refractivity (Wildman–Crippen MR) is 138 cm³/mol. The fourth-order valence-corrected chi connectivity index (χ4v) is 5.08. The number of carbonyl (C=O) groups is 1. The first-order chi connectivity index (χ1) is 16.0. The molecule has 0 spiro atoms. The predicted octanol–water partition coefficient (Wildman–Crippen LogP) is 5.22. The second-order valence-electron chi connectivity index (χ2n) is 10.4. The van der Waals surface area contributed by atoms with Gasteiger partial charge in [-0.2, -0.15) is 10.2 Å². The molecular formula is C26H42N6O2. The van der Waals surface area contributed by atoms with Gasteiger partial charge >= 0.3 is 6.09 Å². The van der Waals surface area contributed by atoms with Gasteiger partial charge in [0.2, 0.25) is 0 Å². The summed E-state index contributed by atoms with van der Waals surface area (Å²) >= 11 is 0. The van der Waals surface area contributed by atoms with Crippen molar-refractivity contribution in [1.82, 2.24) is 19.7 Å².